The summed E-state index contributed by atoms with van der Waals surface area (Å²) in [5.41, 5.74) is -5.70. The summed E-state index contributed by atoms with van der Waals surface area (Å²) in [6.07, 6.45) is -8.14. The maximum absolute atomic E-state index is 13.9. The van der Waals surface area contributed by atoms with Gasteiger partial charge in [0.15, 0.2) is 17.8 Å². The fraction of sp³-hybridized carbons (Fsp3) is 0.622. The maximum Gasteiger partial charge on any atom is 0.338 e. The van der Waals surface area contributed by atoms with E-state index in [1.54, 1.807) is 58.0 Å². The molecule has 14 nitrogen and oxygen atoms in total. The SMILES string of the molecule is CC(=O)O[C@H]1C[C@]2(C(C)(C)OC(=O)c3ccccc3)C(=C1C)[C@@H](OC(C)=O)[C@H](OC(C)=O)[C@]1(C)[C@@H](OC(C)=O)C[C@H](O)[C@@]3(OC(C)=O)CO[C@H]2[C@H]31. The number of carbonyl (C=O) groups is 6. The van der Waals surface area contributed by atoms with Crippen molar-refractivity contribution in [2.75, 3.05) is 6.61 Å². The van der Waals surface area contributed by atoms with Gasteiger partial charge in [-0.05, 0) is 44.1 Å². The van der Waals surface area contributed by atoms with Crippen LogP contribution in [-0.4, -0.2) is 95.4 Å². The van der Waals surface area contributed by atoms with Crippen LogP contribution in [0, 0.1) is 16.7 Å². The van der Waals surface area contributed by atoms with Crippen molar-refractivity contribution in [1.29, 1.82) is 0 Å². The summed E-state index contributed by atoms with van der Waals surface area (Å²) in [7, 11) is 0. The third-order valence-corrected chi connectivity index (χ3v) is 11.2. The molecule has 0 unspecified atom stereocenters. The summed E-state index contributed by atoms with van der Waals surface area (Å²) < 4.78 is 43.2. The van der Waals surface area contributed by atoms with E-state index < -0.39 is 100 Å². The highest BCUT2D eigenvalue weighted by molar-refractivity contribution is 5.89. The molecule has 3 fully saturated rings. The quantitative estimate of drug-likeness (QED) is 0.235. The number of carbonyl (C=O) groups excluding carboxylic acids is 6. The van der Waals surface area contributed by atoms with Gasteiger partial charge >= 0.3 is 35.8 Å². The van der Waals surface area contributed by atoms with Crippen LogP contribution >= 0.6 is 0 Å². The first-order valence-electron chi connectivity index (χ1n) is 16.9. The lowest BCUT2D eigenvalue weighted by atomic mass is 9.52. The van der Waals surface area contributed by atoms with Crippen molar-refractivity contribution in [3.63, 3.8) is 0 Å². The van der Waals surface area contributed by atoms with Gasteiger partial charge in [-0.1, -0.05) is 25.1 Å². The van der Waals surface area contributed by atoms with Gasteiger partial charge in [-0.15, -0.1) is 0 Å². The lowest BCUT2D eigenvalue weighted by molar-refractivity contribution is -0.256. The largest absolute Gasteiger partial charge is 0.462 e. The second-order valence-corrected chi connectivity index (χ2v) is 14.7. The molecular formula is C37H46O14. The number of aliphatic hydroxyl groups excluding tert-OH is 1. The molecule has 1 aromatic carbocycles. The topological polar surface area (TPSA) is 187 Å². The lowest BCUT2D eigenvalue weighted by Crippen LogP contribution is -2.71. The maximum atomic E-state index is 13.9. The molecule has 1 N–H and O–H groups in total. The molecular weight excluding hydrogens is 668 g/mol. The van der Waals surface area contributed by atoms with Crippen LogP contribution in [0.2, 0.25) is 0 Å². The number of hydrogen-bond acceptors (Lipinski definition) is 14. The van der Waals surface area contributed by atoms with Crippen molar-refractivity contribution in [3.05, 3.63) is 47.0 Å². The molecule has 10 atom stereocenters. The zero-order valence-electron chi connectivity index (χ0n) is 30.3. The van der Waals surface area contributed by atoms with E-state index >= 15 is 0 Å². The summed E-state index contributed by atoms with van der Waals surface area (Å²) in [4.78, 5) is 78.2. The Morgan fingerprint density at radius 1 is 0.843 bits per heavy atom. The number of benzene rings is 1. The van der Waals surface area contributed by atoms with Crippen LogP contribution in [0.5, 0.6) is 0 Å². The minimum Gasteiger partial charge on any atom is -0.462 e. The monoisotopic (exact) mass is 714 g/mol. The first-order chi connectivity index (χ1) is 23.7. The predicted octanol–water partition coefficient (Wildman–Crippen LogP) is 3.16. The van der Waals surface area contributed by atoms with Crippen LogP contribution in [0.3, 0.4) is 0 Å². The van der Waals surface area contributed by atoms with E-state index in [0.29, 0.717) is 5.57 Å². The van der Waals surface area contributed by atoms with Crippen LogP contribution in [0.1, 0.15) is 85.5 Å². The second kappa shape index (κ2) is 13.4. The molecule has 0 bridgehead atoms. The highest BCUT2D eigenvalue weighted by Crippen LogP contribution is 2.70. The van der Waals surface area contributed by atoms with Crippen LogP contribution < -0.4 is 0 Å². The smallest absolute Gasteiger partial charge is 0.338 e. The van der Waals surface area contributed by atoms with Crippen molar-refractivity contribution < 1.29 is 67.0 Å². The van der Waals surface area contributed by atoms with Gasteiger partial charge in [0.05, 0.1) is 29.1 Å². The molecule has 2 saturated carbocycles. The molecule has 3 aliphatic carbocycles. The summed E-state index contributed by atoms with van der Waals surface area (Å²) in [5, 5.41) is 11.9. The minimum atomic E-state index is -1.82. The molecule has 5 rings (SSSR count). The van der Waals surface area contributed by atoms with Gasteiger partial charge in [0.2, 0.25) is 0 Å². The third kappa shape index (κ3) is 6.09. The van der Waals surface area contributed by atoms with Crippen molar-refractivity contribution in [2.45, 2.75) is 123 Å². The predicted molar refractivity (Wildman–Crippen MR) is 174 cm³/mol. The molecule has 1 saturated heterocycles. The number of rotatable bonds is 8. The van der Waals surface area contributed by atoms with E-state index in [2.05, 4.69) is 0 Å². The summed E-state index contributed by atoms with van der Waals surface area (Å²) >= 11 is 0. The molecule has 4 aliphatic rings. The molecule has 0 radical (unpaired) electrons. The first-order valence-corrected chi connectivity index (χ1v) is 16.9. The number of esters is 6. The zero-order valence-corrected chi connectivity index (χ0v) is 30.3. The summed E-state index contributed by atoms with van der Waals surface area (Å²) in [6, 6.07) is 8.25. The van der Waals surface area contributed by atoms with Gasteiger partial charge in [-0.3, -0.25) is 24.0 Å². The highest BCUT2D eigenvalue weighted by atomic mass is 16.6. The van der Waals surface area contributed by atoms with Crippen LogP contribution in [-0.2, 0) is 57.1 Å². The van der Waals surface area contributed by atoms with E-state index in [9.17, 15) is 33.9 Å². The first kappa shape index (κ1) is 37.9. The Hall–Kier alpha value is -4.30. The van der Waals surface area contributed by atoms with Crippen molar-refractivity contribution in [1.82, 2.24) is 0 Å². The molecule has 1 aromatic rings. The minimum absolute atomic E-state index is 0.0882. The van der Waals surface area contributed by atoms with Gasteiger partial charge < -0.3 is 38.3 Å². The average molecular weight is 715 g/mol. The Bertz CT molecular complexity index is 1650. The third-order valence-electron chi connectivity index (χ3n) is 11.2. The Kier molecular flexibility index (Phi) is 9.93. The van der Waals surface area contributed by atoms with Crippen LogP contribution in [0.25, 0.3) is 0 Å². The summed E-state index contributed by atoms with van der Waals surface area (Å²) in [6.45, 7) is 12.2. The molecule has 1 aliphatic heterocycles. The van der Waals surface area contributed by atoms with E-state index in [-0.39, 0.29) is 30.6 Å². The Morgan fingerprint density at radius 2 is 1.43 bits per heavy atom. The fourth-order valence-electron chi connectivity index (χ4n) is 9.44. The van der Waals surface area contributed by atoms with Crippen LogP contribution in [0.4, 0.5) is 0 Å². The van der Waals surface area contributed by atoms with Crippen molar-refractivity contribution in [2.24, 2.45) is 16.7 Å². The van der Waals surface area contributed by atoms with E-state index in [0.717, 1.165) is 6.92 Å². The molecule has 0 amide bonds. The lowest BCUT2D eigenvalue weighted by Gasteiger charge is -2.57. The van der Waals surface area contributed by atoms with Gasteiger partial charge in [0.25, 0.3) is 0 Å². The zero-order chi connectivity index (χ0) is 37.8. The highest BCUT2D eigenvalue weighted by Gasteiger charge is 2.81. The number of aliphatic hydroxyl groups is 1. The molecule has 51 heavy (non-hydrogen) atoms. The molecule has 14 heteroatoms. The van der Waals surface area contributed by atoms with Crippen molar-refractivity contribution >= 4 is 35.8 Å². The second-order valence-electron chi connectivity index (χ2n) is 14.7. The van der Waals surface area contributed by atoms with Gasteiger partial charge in [-0.25, -0.2) is 4.79 Å². The van der Waals surface area contributed by atoms with E-state index in [1.165, 1.54) is 27.7 Å². The van der Waals surface area contributed by atoms with E-state index in [4.69, 9.17) is 33.2 Å². The Labute approximate surface area is 296 Å². The van der Waals surface area contributed by atoms with Gasteiger partial charge in [0.1, 0.15) is 23.9 Å². The van der Waals surface area contributed by atoms with Crippen LogP contribution in [0.15, 0.2) is 41.5 Å². The summed E-state index contributed by atoms with van der Waals surface area (Å²) in [5.74, 6) is -5.53. The number of ether oxygens (including phenoxy) is 7. The fourth-order valence-corrected chi connectivity index (χ4v) is 9.44. The molecule has 1 heterocycles. The molecule has 0 aromatic heterocycles. The standard InChI is InChI=1S/C37H46O14/c1-18-25(46-19(2)38)16-36(34(7,8)51-33(44)24-13-11-10-12-14-24)28(18)29(48-21(4)40)31(49-22(5)41)35(9)27(47-20(3)39)15-26(43)37(50-23(6)42)17-45-32(36)30(35)37/h10-14,25-27,29-32,43H,15-17H2,1-9H3/t25-,26-,27-,29+,30-,31-,32-,35+,36-,37-/m0/s1. The normalized spacial score (nSPS) is 35.4. The van der Waals surface area contributed by atoms with Gasteiger partial charge in [0, 0.05) is 53.4 Å². The molecule has 278 valence electrons. The Morgan fingerprint density at radius 3 is 1.98 bits per heavy atom. The Balaban J connectivity index is 1.91. The van der Waals surface area contributed by atoms with Crippen molar-refractivity contribution in [3.8, 4) is 0 Å². The number of fused-ring (bicyclic) bond motifs is 2. The van der Waals surface area contributed by atoms with Gasteiger partial charge in [-0.2, -0.15) is 0 Å². The number of hydrogen-bond donors (Lipinski definition) is 1. The average Bonchev–Trinajstić information content (AvgIpc) is 3.52. The molecule has 0 spiro atoms. The van der Waals surface area contributed by atoms with E-state index in [1.807, 2.05) is 0 Å².